The van der Waals surface area contributed by atoms with Crippen LogP contribution in [0, 0.1) is 0 Å². The summed E-state index contributed by atoms with van der Waals surface area (Å²) in [6, 6.07) is 9.81. The molecule has 0 atom stereocenters. The van der Waals surface area contributed by atoms with E-state index in [9.17, 15) is 14.7 Å². The first-order chi connectivity index (χ1) is 11.6. The number of methoxy groups -OCH3 is 1. The maximum Gasteiger partial charge on any atom is 0.329 e. The molecule has 2 amide bonds. The average molecular weight is 328 g/mol. The Hall–Kier alpha value is -3.42. The lowest BCUT2D eigenvalue weighted by Crippen LogP contribution is -2.37. The average Bonchev–Trinajstić information content (AvgIpc) is 2.61. The minimum Gasteiger partial charge on any atom is -0.504 e. The summed E-state index contributed by atoms with van der Waals surface area (Å²) in [7, 11) is 1.42. The third-order valence-corrected chi connectivity index (χ3v) is 2.95. The third-order valence-electron chi connectivity index (χ3n) is 2.95. The van der Waals surface area contributed by atoms with Gasteiger partial charge in [0.15, 0.2) is 11.5 Å². The zero-order valence-corrected chi connectivity index (χ0v) is 12.9. The van der Waals surface area contributed by atoms with Gasteiger partial charge < -0.3 is 15.2 Å². The molecule has 0 fully saturated rings. The first-order valence-electron chi connectivity index (χ1n) is 6.98. The van der Waals surface area contributed by atoms with Crippen LogP contribution in [0.3, 0.4) is 0 Å². The summed E-state index contributed by atoms with van der Waals surface area (Å²) < 4.78 is 4.96. The summed E-state index contributed by atoms with van der Waals surface area (Å²) in [5.74, 6) is -1.44. The molecule has 0 saturated heterocycles. The second kappa shape index (κ2) is 8.28. The number of rotatable bonds is 5. The normalized spacial score (nSPS) is 10.4. The highest BCUT2D eigenvalue weighted by Crippen LogP contribution is 2.25. The number of carbonyl (C=O) groups is 2. The van der Waals surface area contributed by atoms with Crippen LogP contribution in [0.15, 0.2) is 47.7 Å². The Kier molecular flexibility index (Phi) is 5.84. The van der Waals surface area contributed by atoms with Crippen molar-refractivity contribution in [1.82, 2.24) is 15.7 Å². The summed E-state index contributed by atoms with van der Waals surface area (Å²) in [5, 5.41) is 15.6. The van der Waals surface area contributed by atoms with E-state index in [2.05, 4.69) is 20.8 Å². The summed E-state index contributed by atoms with van der Waals surface area (Å²) in [6.45, 7) is 0.145. The number of hydrazone groups is 1. The Morgan fingerprint density at radius 2 is 2.12 bits per heavy atom. The highest BCUT2D eigenvalue weighted by atomic mass is 16.5. The van der Waals surface area contributed by atoms with Gasteiger partial charge in [0, 0.05) is 6.20 Å². The fourth-order valence-corrected chi connectivity index (χ4v) is 1.74. The van der Waals surface area contributed by atoms with E-state index in [1.807, 2.05) is 0 Å². The van der Waals surface area contributed by atoms with Gasteiger partial charge in [-0.05, 0) is 35.9 Å². The van der Waals surface area contributed by atoms with Crippen LogP contribution in [0.4, 0.5) is 0 Å². The number of pyridine rings is 1. The number of aromatic hydroxyl groups is 1. The minimum atomic E-state index is -0.895. The molecule has 2 aromatic rings. The maximum absolute atomic E-state index is 11.6. The third kappa shape index (κ3) is 4.80. The predicted molar refractivity (Wildman–Crippen MR) is 86.5 cm³/mol. The number of carbonyl (C=O) groups excluding carboxylic acids is 2. The number of hydrogen-bond donors (Lipinski definition) is 3. The molecule has 0 aliphatic carbocycles. The van der Waals surface area contributed by atoms with Crippen molar-refractivity contribution in [2.24, 2.45) is 5.10 Å². The van der Waals surface area contributed by atoms with E-state index in [1.54, 1.807) is 30.5 Å². The monoisotopic (exact) mass is 328 g/mol. The van der Waals surface area contributed by atoms with Gasteiger partial charge in [0.05, 0.1) is 25.6 Å². The minimum absolute atomic E-state index is 0.00687. The zero-order valence-electron chi connectivity index (χ0n) is 12.9. The molecule has 0 spiro atoms. The van der Waals surface area contributed by atoms with E-state index in [4.69, 9.17) is 4.74 Å². The zero-order chi connectivity index (χ0) is 17.4. The Morgan fingerprint density at radius 1 is 1.29 bits per heavy atom. The first-order valence-corrected chi connectivity index (χ1v) is 6.98. The number of ether oxygens (including phenoxy) is 1. The molecule has 0 saturated carbocycles. The van der Waals surface area contributed by atoms with Gasteiger partial charge in [-0.25, -0.2) is 5.43 Å². The summed E-state index contributed by atoms with van der Waals surface area (Å²) in [6.07, 6.45) is 2.92. The molecule has 1 heterocycles. The molecule has 2 rings (SSSR count). The second-order valence-corrected chi connectivity index (χ2v) is 4.63. The molecular weight excluding hydrogens is 312 g/mol. The van der Waals surface area contributed by atoms with Crippen LogP contribution >= 0.6 is 0 Å². The molecule has 124 valence electrons. The molecule has 0 radical (unpaired) electrons. The fourth-order valence-electron chi connectivity index (χ4n) is 1.74. The number of aromatic nitrogens is 1. The Morgan fingerprint density at radius 3 is 2.83 bits per heavy atom. The summed E-state index contributed by atoms with van der Waals surface area (Å²) >= 11 is 0. The second-order valence-electron chi connectivity index (χ2n) is 4.63. The molecule has 8 nitrogen and oxygen atoms in total. The van der Waals surface area contributed by atoms with Crippen LogP contribution in [0.2, 0.25) is 0 Å². The Labute approximate surface area is 138 Å². The number of benzene rings is 1. The van der Waals surface area contributed by atoms with Gasteiger partial charge in [-0.15, -0.1) is 0 Å². The van der Waals surface area contributed by atoms with Crippen LogP contribution in [0.25, 0.3) is 0 Å². The Balaban J connectivity index is 1.84. The van der Waals surface area contributed by atoms with Crippen LogP contribution in [-0.2, 0) is 16.1 Å². The number of phenolic OH excluding ortho intramolecular Hbond substituents is 1. The lowest BCUT2D eigenvalue weighted by molar-refractivity contribution is -0.139. The molecule has 1 aromatic carbocycles. The molecule has 3 N–H and O–H groups in total. The lowest BCUT2D eigenvalue weighted by Gasteiger charge is -2.04. The fraction of sp³-hybridized carbons (Fsp3) is 0.125. The van der Waals surface area contributed by atoms with E-state index in [0.29, 0.717) is 11.3 Å². The van der Waals surface area contributed by atoms with E-state index >= 15 is 0 Å². The number of hydrogen-bond acceptors (Lipinski definition) is 6. The number of nitrogens with one attached hydrogen (secondary N) is 2. The molecule has 1 aromatic heterocycles. The van der Waals surface area contributed by atoms with Crippen molar-refractivity contribution in [2.75, 3.05) is 7.11 Å². The van der Waals surface area contributed by atoms with Crippen molar-refractivity contribution < 1.29 is 19.4 Å². The smallest absolute Gasteiger partial charge is 0.329 e. The van der Waals surface area contributed by atoms with Gasteiger partial charge in [0.1, 0.15) is 0 Å². The van der Waals surface area contributed by atoms with Gasteiger partial charge >= 0.3 is 11.8 Å². The van der Waals surface area contributed by atoms with Gasteiger partial charge in [0.2, 0.25) is 0 Å². The summed E-state index contributed by atoms with van der Waals surface area (Å²) in [5.41, 5.74) is 3.33. The van der Waals surface area contributed by atoms with Gasteiger partial charge in [-0.3, -0.25) is 14.6 Å². The lowest BCUT2D eigenvalue weighted by atomic mass is 10.2. The molecule has 0 aliphatic rings. The van der Waals surface area contributed by atoms with Crippen molar-refractivity contribution in [3.05, 3.63) is 53.9 Å². The van der Waals surface area contributed by atoms with Crippen molar-refractivity contribution in [3.63, 3.8) is 0 Å². The molecule has 8 heteroatoms. The maximum atomic E-state index is 11.6. The largest absolute Gasteiger partial charge is 0.504 e. The molecule has 0 unspecified atom stereocenters. The van der Waals surface area contributed by atoms with Crippen molar-refractivity contribution in [1.29, 1.82) is 0 Å². The van der Waals surface area contributed by atoms with Gasteiger partial charge in [0.25, 0.3) is 0 Å². The quantitative estimate of drug-likeness (QED) is 0.422. The molecule has 0 bridgehead atoms. The first kappa shape index (κ1) is 16.9. The number of nitrogens with zero attached hydrogens (tertiary/aromatic N) is 2. The highest BCUT2D eigenvalue weighted by molar-refractivity contribution is 6.35. The van der Waals surface area contributed by atoms with E-state index in [-0.39, 0.29) is 18.0 Å². The topological polar surface area (TPSA) is 113 Å². The Bertz CT molecular complexity index is 747. The number of phenols is 1. The number of amides is 2. The van der Waals surface area contributed by atoms with Crippen LogP contribution in [-0.4, -0.2) is 35.2 Å². The summed E-state index contributed by atoms with van der Waals surface area (Å²) in [4.78, 5) is 27.3. The molecule has 0 aliphatic heterocycles. The van der Waals surface area contributed by atoms with Crippen molar-refractivity contribution in [2.45, 2.75) is 6.54 Å². The van der Waals surface area contributed by atoms with Crippen LogP contribution in [0.5, 0.6) is 11.5 Å². The van der Waals surface area contributed by atoms with Crippen molar-refractivity contribution in [3.8, 4) is 11.5 Å². The SMILES string of the molecule is COc1cc(/C=N\NC(=O)C(=O)NCc2ccccn2)ccc1O. The van der Waals surface area contributed by atoms with Crippen LogP contribution < -0.4 is 15.5 Å². The molecule has 24 heavy (non-hydrogen) atoms. The van der Waals surface area contributed by atoms with E-state index in [1.165, 1.54) is 25.5 Å². The highest BCUT2D eigenvalue weighted by Gasteiger charge is 2.12. The van der Waals surface area contributed by atoms with Crippen LogP contribution in [0.1, 0.15) is 11.3 Å². The molecular formula is C16H16N4O4. The van der Waals surface area contributed by atoms with E-state index in [0.717, 1.165) is 0 Å². The van der Waals surface area contributed by atoms with Gasteiger partial charge in [-0.2, -0.15) is 5.10 Å². The standard InChI is InChI=1S/C16H16N4O4/c1-24-14-8-11(5-6-13(14)21)9-19-20-16(23)15(22)18-10-12-4-2-3-7-17-12/h2-9,21H,10H2,1H3,(H,18,22)(H,20,23)/b19-9-. The van der Waals surface area contributed by atoms with Crippen molar-refractivity contribution >= 4 is 18.0 Å². The van der Waals surface area contributed by atoms with Gasteiger partial charge in [-0.1, -0.05) is 6.07 Å². The predicted octanol–water partition coefficient (Wildman–Crippen LogP) is 0.562. The van der Waals surface area contributed by atoms with E-state index < -0.39 is 11.8 Å².